The molecule has 1 atom stereocenters. The Hall–Kier alpha value is -1.18. The van der Waals surface area contributed by atoms with Gasteiger partial charge in [0.2, 0.25) is 10.0 Å². The van der Waals surface area contributed by atoms with E-state index in [0.29, 0.717) is 12.4 Å². The van der Waals surface area contributed by atoms with Crippen molar-refractivity contribution in [3.63, 3.8) is 0 Å². The molecule has 3 rings (SSSR count). The zero-order chi connectivity index (χ0) is 12.8. The lowest BCUT2D eigenvalue weighted by molar-refractivity contribution is 0.267. The van der Waals surface area contributed by atoms with Gasteiger partial charge in [0.1, 0.15) is 10.7 Å². The highest BCUT2D eigenvalue weighted by atomic mass is 32.2. The molecule has 0 aromatic carbocycles. The molecular formula is C12H20N4O2S. The largest absolute Gasteiger partial charge is 0.349 e. The number of nitrogens with zero attached hydrogens (tertiary/aromatic N) is 3. The monoisotopic (exact) mass is 284 g/mol. The molecule has 1 aromatic rings. The second kappa shape index (κ2) is 5.07. The third-order valence-electron chi connectivity index (χ3n) is 3.51. The van der Waals surface area contributed by atoms with Crippen LogP contribution in [0.1, 0.15) is 7.43 Å². The van der Waals surface area contributed by atoms with E-state index in [1.807, 2.05) is 0 Å². The van der Waals surface area contributed by atoms with E-state index in [9.17, 15) is 8.42 Å². The Labute approximate surface area is 114 Å². The number of rotatable bonds is 0. The summed E-state index contributed by atoms with van der Waals surface area (Å²) in [4.78, 5) is 8.88. The van der Waals surface area contributed by atoms with Crippen molar-refractivity contribution in [2.75, 3.05) is 38.1 Å². The van der Waals surface area contributed by atoms with Crippen molar-refractivity contribution in [1.29, 1.82) is 0 Å². The van der Waals surface area contributed by atoms with Gasteiger partial charge in [-0.3, -0.25) is 0 Å². The first kappa shape index (κ1) is 14.2. The van der Waals surface area contributed by atoms with Gasteiger partial charge in [-0.2, -0.15) is 0 Å². The van der Waals surface area contributed by atoms with Gasteiger partial charge >= 0.3 is 0 Å². The Kier molecular flexibility index (Phi) is 3.80. The lowest BCUT2D eigenvalue weighted by Gasteiger charge is -2.39. The lowest BCUT2D eigenvalue weighted by Crippen LogP contribution is -2.55. The molecule has 0 spiro atoms. The maximum Gasteiger partial charge on any atom is 0.244 e. The Bertz CT molecular complexity index is 561. The average molecular weight is 284 g/mol. The number of hydrogen-bond donors (Lipinski definition) is 1. The Morgan fingerprint density at radius 3 is 3.00 bits per heavy atom. The van der Waals surface area contributed by atoms with E-state index in [1.165, 1.54) is 0 Å². The molecule has 0 radical (unpaired) electrons. The van der Waals surface area contributed by atoms with Gasteiger partial charge in [0.15, 0.2) is 0 Å². The third kappa shape index (κ3) is 2.45. The minimum atomic E-state index is -3.43. The van der Waals surface area contributed by atoms with E-state index in [1.54, 1.807) is 18.3 Å². The lowest BCUT2D eigenvalue weighted by atomic mass is 10.1. The normalized spacial score (nSPS) is 25.7. The summed E-state index contributed by atoms with van der Waals surface area (Å²) in [6, 6.07) is 3.43. The van der Waals surface area contributed by atoms with Crippen molar-refractivity contribution < 1.29 is 8.42 Å². The van der Waals surface area contributed by atoms with Crippen LogP contribution in [0.25, 0.3) is 0 Å². The van der Waals surface area contributed by atoms with E-state index in [4.69, 9.17) is 0 Å². The van der Waals surface area contributed by atoms with Crippen molar-refractivity contribution >= 4 is 15.8 Å². The van der Waals surface area contributed by atoms with Crippen LogP contribution in [0.15, 0.2) is 23.2 Å². The number of hydrogen-bond acceptors (Lipinski definition) is 5. The quantitative estimate of drug-likeness (QED) is 0.733. The number of likely N-dealkylation sites (N-methyl/N-ethyl adjacent to an activating group) is 1. The van der Waals surface area contributed by atoms with Gasteiger partial charge in [-0.05, 0) is 19.2 Å². The van der Waals surface area contributed by atoms with Crippen LogP contribution >= 0.6 is 0 Å². The zero-order valence-corrected chi connectivity index (χ0v) is 11.0. The average Bonchev–Trinajstić information content (AvgIpc) is 2.46. The summed E-state index contributed by atoms with van der Waals surface area (Å²) in [7, 11) is -1.38. The second-order valence-electron chi connectivity index (χ2n) is 4.79. The highest BCUT2D eigenvalue weighted by Gasteiger charge is 2.34. The van der Waals surface area contributed by atoms with Gasteiger partial charge in [0, 0.05) is 32.4 Å². The molecule has 7 heteroatoms. The maximum atomic E-state index is 12.1. The van der Waals surface area contributed by atoms with Crippen LogP contribution < -0.4 is 9.62 Å². The molecule has 2 aliphatic rings. The first-order chi connectivity index (χ1) is 8.58. The molecule has 0 unspecified atom stereocenters. The van der Waals surface area contributed by atoms with E-state index in [2.05, 4.69) is 26.6 Å². The molecule has 6 nitrogen and oxygen atoms in total. The number of sulfonamides is 1. The van der Waals surface area contributed by atoms with Crippen LogP contribution in [-0.4, -0.2) is 57.6 Å². The fourth-order valence-corrected chi connectivity index (χ4v) is 3.79. The number of fused-ring (bicyclic) bond motifs is 3. The van der Waals surface area contributed by atoms with Crippen molar-refractivity contribution in [2.45, 2.75) is 18.4 Å². The molecular weight excluding hydrogens is 264 g/mol. The van der Waals surface area contributed by atoms with Crippen molar-refractivity contribution in [3.05, 3.63) is 18.3 Å². The predicted molar refractivity (Wildman–Crippen MR) is 74.8 cm³/mol. The van der Waals surface area contributed by atoms with Gasteiger partial charge in [-0.1, -0.05) is 7.43 Å². The van der Waals surface area contributed by atoms with Gasteiger partial charge in [-0.25, -0.2) is 18.1 Å². The standard InChI is InChI=1S/C11H16N4O2S.CH4/c1-14-5-6-15-9(8-14)7-13-18(16,17)10-3-2-4-12-11(10)15;/h2-4,9,13H,5-8H2,1H3;1H4/t9-;/m1./s1. The van der Waals surface area contributed by atoms with Crippen LogP contribution in [0, 0.1) is 0 Å². The first-order valence-corrected chi connectivity index (χ1v) is 7.46. The summed E-state index contributed by atoms with van der Waals surface area (Å²) in [5.41, 5.74) is 0. The number of piperazine rings is 1. The molecule has 1 saturated heterocycles. The summed E-state index contributed by atoms with van der Waals surface area (Å²) >= 11 is 0. The summed E-state index contributed by atoms with van der Waals surface area (Å²) < 4.78 is 26.9. The molecule has 0 aliphatic carbocycles. The third-order valence-corrected chi connectivity index (χ3v) is 4.95. The number of anilines is 1. The molecule has 2 aliphatic heterocycles. The molecule has 1 aromatic heterocycles. The number of pyridine rings is 1. The summed E-state index contributed by atoms with van der Waals surface area (Å²) in [5, 5.41) is 0. The summed E-state index contributed by atoms with van der Waals surface area (Å²) in [5.74, 6) is 0.584. The van der Waals surface area contributed by atoms with Crippen LogP contribution in [0.5, 0.6) is 0 Å². The molecule has 1 N–H and O–H groups in total. The fraction of sp³-hybridized carbons (Fsp3) is 0.583. The smallest absolute Gasteiger partial charge is 0.244 e. The molecule has 0 bridgehead atoms. The molecule has 1 fully saturated rings. The first-order valence-electron chi connectivity index (χ1n) is 5.98. The Morgan fingerprint density at radius 2 is 2.21 bits per heavy atom. The van der Waals surface area contributed by atoms with Crippen LogP contribution in [0.2, 0.25) is 0 Å². The highest BCUT2D eigenvalue weighted by Crippen LogP contribution is 2.28. The van der Waals surface area contributed by atoms with Crippen molar-refractivity contribution in [1.82, 2.24) is 14.6 Å². The molecule has 0 saturated carbocycles. The van der Waals surface area contributed by atoms with Crippen LogP contribution in [-0.2, 0) is 10.0 Å². The van der Waals surface area contributed by atoms with Crippen LogP contribution in [0.4, 0.5) is 5.82 Å². The molecule has 3 heterocycles. The van der Waals surface area contributed by atoms with Gasteiger partial charge < -0.3 is 9.80 Å². The molecule has 0 amide bonds. The van der Waals surface area contributed by atoms with E-state index in [-0.39, 0.29) is 18.4 Å². The maximum absolute atomic E-state index is 12.1. The highest BCUT2D eigenvalue weighted by molar-refractivity contribution is 7.89. The number of aromatic nitrogens is 1. The Balaban J connectivity index is 0.00000133. The Morgan fingerprint density at radius 1 is 1.42 bits per heavy atom. The van der Waals surface area contributed by atoms with Gasteiger partial charge in [0.25, 0.3) is 0 Å². The molecule has 19 heavy (non-hydrogen) atoms. The predicted octanol–water partition coefficient (Wildman–Crippen LogP) is 0.130. The minimum Gasteiger partial charge on any atom is -0.349 e. The number of nitrogens with one attached hydrogen (secondary N) is 1. The second-order valence-corrected chi connectivity index (χ2v) is 6.52. The fourth-order valence-electron chi connectivity index (χ4n) is 2.56. The van der Waals surface area contributed by atoms with E-state index in [0.717, 1.165) is 19.6 Å². The van der Waals surface area contributed by atoms with Crippen LogP contribution in [0.3, 0.4) is 0 Å². The molecule has 106 valence electrons. The summed E-state index contributed by atoms with van der Waals surface area (Å²) in [6.45, 7) is 3.01. The van der Waals surface area contributed by atoms with Gasteiger partial charge in [0.05, 0.1) is 6.04 Å². The minimum absolute atomic E-state index is 0. The van der Waals surface area contributed by atoms with Crippen molar-refractivity contribution in [3.8, 4) is 0 Å². The van der Waals surface area contributed by atoms with E-state index < -0.39 is 10.0 Å². The van der Waals surface area contributed by atoms with Gasteiger partial charge in [-0.15, -0.1) is 0 Å². The SMILES string of the molecule is C.CN1CCN2c3ncccc3S(=O)(=O)NC[C@@H]2C1. The zero-order valence-electron chi connectivity index (χ0n) is 10.2. The summed E-state index contributed by atoms with van der Waals surface area (Å²) in [6.07, 6.45) is 1.65. The van der Waals surface area contributed by atoms with Crippen molar-refractivity contribution in [2.24, 2.45) is 0 Å². The van der Waals surface area contributed by atoms with E-state index >= 15 is 0 Å². The topological polar surface area (TPSA) is 65.5 Å².